The molecule has 3 nitrogen and oxygen atoms in total. The van der Waals surface area contributed by atoms with Crippen LogP contribution in [-0.2, 0) is 9.47 Å². The number of hydrogen-bond donors (Lipinski definition) is 0. The third kappa shape index (κ3) is 1.92. The van der Waals surface area contributed by atoms with Gasteiger partial charge in [0.1, 0.15) is 0 Å². The molecule has 6 unspecified atom stereocenters. The molecule has 1 saturated heterocycles. The smallest absolute Gasteiger partial charge is 0.160 e. The van der Waals surface area contributed by atoms with Crippen LogP contribution >= 0.6 is 0 Å². The highest BCUT2D eigenvalue weighted by molar-refractivity contribution is 4.96. The molecule has 0 bridgehead atoms. The normalized spacial score (nSPS) is 49.8. The van der Waals surface area contributed by atoms with Gasteiger partial charge >= 0.3 is 0 Å². The van der Waals surface area contributed by atoms with Crippen LogP contribution in [0.25, 0.3) is 0 Å². The zero-order chi connectivity index (χ0) is 11.8. The predicted molar refractivity (Wildman–Crippen MR) is 62.2 cm³/mol. The Morgan fingerprint density at radius 3 is 2.76 bits per heavy atom. The maximum atomic E-state index is 11.6. The predicted octanol–water partition coefficient (Wildman–Crippen LogP) is 1.41. The lowest BCUT2D eigenvalue weighted by Gasteiger charge is -2.48. The molecule has 98 valence electrons. The summed E-state index contributed by atoms with van der Waals surface area (Å²) in [7, 11) is 1.73. The van der Waals surface area contributed by atoms with Crippen LogP contribution in [0.3, 0.4) is 0 Å². The molecule has 3 rings (SSSR count). The fourth-order valence-electron chi connectivity index (χ4n) is 4.63. The van der Waals surface area contributed by atoms with E-state index in [0.717, 1.165) is 12.5 Å². The van der Waals surface area contributed by atoms with E-state index in [1.165, 1.54) is 32.1 Å². The quantitative estimate of drug-likeness (QED) is 0.731. The van der Waals surface area contributed by atoms with Crippen LogP contribution in [0.5, 0.6) is 0 Å². The standard InChI is InChI=1S/C14H23O3/c1-16-14-11-6-9-4-2-3-5-10(9)12(7-15)13(11)8-17-14/h9-14H,2-8H2,1H3/q-1. The van der Waals surface area contributed by atoms with Crippen molar-refractivity contribution >= 4 is 0 Å². The lowest BCUT2D eigenvalue weighted by Crippen LogP contribution is -2.46. The van der Waals surface area contributed by atoms with E-state index in [0.29, 0.717) is 23.7 Å². The van der Waals surface area contributed by atoms with Crippen LogP contribution in [0.1, 0.15) is 32.1 Å². The van der Waals surface area contributed by atoms with Crippen LogP contribution in [0.4, 0.5) is 0 Å². The molecule has 2 saturated carbocycles. The van der Waals surface area contributed by atoms with Crippen molar-refractivity contribution in [1.29, 1.82) is 0 Å². The molecule has 0 aromatic rings. The van der Waals surface area contributed by atoms with Crippen molar-refractivity contribution in [2.45, 2.75) is 38.4 Å². The highest BCUT2D eigenvalue weighted by atomic mass is 16.7. The average Bonchev–Trinajstić information content (AvgIpc) is 2.78. The number of hydrogen-bond acceptors (Lipinski definition) is 3. The molecule has 0 radical (unpaired) electrons. The molecular formula is C14H23O3-. The van der Waals surface area contributed by atoms with Gasteiger partial charge in [-0.1, -0.05) is 19.3 Å². The van der Waals surface area contributed by atoms with Crippen molar-refractivity contribution in [3.05, 3.63) is 0 Å². The first kappa shape index (κ1) is 11.9. The van der Waals surface area contributed by atoms with Gasteiger partial charge in [-0.05, 0) is 36.5 Å². The van der Waals surface area contributed by atoms with Crippen LogP contribution < -0.4 is 5.11 Å². The van der Waals surface area contributed by atoms with Gasteiger partial charge < -0.3 is 14.6 Å². The SMILES string of the molecule is COC1OCC2C1CC1CCCCC1C2C[O-]. The molecule has 3 heteroatoms. The van der Waals surface area contributed by atoms with Crippen molar-refractivity contribution in [1.82, 2.24) is 0 Å². The molecule has 0 spiro atoms. The third-order valence-electron chi connectivity index (χ3n) is 5.42. The van der Waals surface area contributed by atoms with Gasteiger partial charge in [0.15, 0.2) is 6.29 Å². The number of ether oxygens (including phenoxy) is 2. The first-order chi connectivity index (χ1) is 8.35. The zero-order valence-electron chi connectivity index (χ0n) is 10.6. The van der Waals surface area contributed by atoms with Crippen molar-refractivity contribution in [3.8, 4) is 0 Å². The van der Waals surface area contributed by atoms with Crippen LogP contribution in [0.2, 0.25) is 0 Å². The average molecular weight is 239 g/mol. The second kappa shape index (κ2) is 4.87. The third-order valence-corrected chi connectivity index (χ3v) is 5.42. The van der Waals surface area contributed by atoms with E-state index < -0.39 is 0 Å². The van der Waals surface area contributed by atoms with Gasteiger partial charge in [-0.2, -0.15) is 0 Å². The molecule has 6 atom stereocenters. The molecule has 1 aliphatic heterocycles. The first-order valence-corrected chi connectivity index (χ1v) is 7.07. The number of rotatable bonds is 2. The molecule has 2 aliphatic carbocycles. The highest BCUT2D eigenvalue weighted by Gasteiger charge is 2.49. The van der Waals surface area contributed by atoms with Crippen LogP contribution in [-0.4, -0.2) is 26.6 Å². The van der Waals surface area contributed by atoms with Gasteiger partial charge in [-0.15, -0.1) is 6.61 Å². The van der Waals surface area contributed by atoms with E-state index in [-0.39, 0.29) is 12.9 Å². The summed E-state index contributed by atoms with van der Waals surface area (Å²) in [6.45, 7) is 0.835. The van der Waals surface area contributed by atoms with E-state index >= 15 is 0 Å². The van der Waals surface area contributed by atoms with Gasteiger partial charge in [0.05, 0.1) is 6.61 Å². The lowest BCUT2D eigenvalue weighted by atomic mass is 9.58. The second-order valence-electron chi connectivity index (χ2n) is 6.04. The largest absolute Gasteiger partial charge is 0.854 e. The molecule has 0 aromatic heterocycles. The summed E-state index contributed by atoms with van der Waals surface area (Å²) in [6, 6.07) is 0. The number of methoxy groups -OCH3 is 1. The minimum atomic E-state index is -0.0445. The fourth-order valence-corrected chi connectivity index (χ4v) is 4.63. The minimum absolute atomic E-state index is 0.0445. The van der Waals surface area contributed by atoms with E-state index in [2.05, 4.69) is 0 Å². The molecular weight excluding hydrogens is 216 g/mol. The van der Waals surface area contributed by atoms with Crippen molar-refractivity contribution in [2.24, 2.45) is 29.6 Å². The molecule has 0 amide bonds. The van der Waals surface area contributed by atoms with E-state index in [9.17, 15) is 5.11 Å². The molecule has 3 fully saturated rings. The zero-order valence-corrected chi connectivity index (χ0v) is 10.6. The molecule has 3 aliphatic rings. The van der Waals surface area contributed by atoms with Gasteiger partial charge in [-0.25, -0.2) is 0 Å². The van der Waals surface area contributed by atoms with E-state index in [4.69, 9.17) is 9.47 Å². The topological polar surface area (TPSA) is 41.5 Å². The van der Waals surface area contributed by atoms with Crippen molar-refractivity contribution in [2.75, 3.05) is 20.3 Å². The van der Waals surface area contributed by atoms with E-state index in [1.807, 2.05) is 0 Å². The molecule has 1 heterocycles. The lowest BCUT2D eigenvalue weighted by molar-refractivity contribution is -0.389. The maximum absolute atomic E-state index is 11.6. The monoisotopic (exact) mass is 239 g/mol. The Labute approximate surface area is 103 Å². The minimum Gasteiger partial charge on any atom is -0.854 e. The van der Waals surface area contributed by atoms with Crippen LogP contribution in [0, 0.1) is 29.6 Å². The second-order valence-corrected chi connectivity index (χ2v) is 6.04. The summed E-state index contributed by atoms with van der Waals surface area (Å²) in [5, 5.41) is 11.6. The van der Waals surface area contributed by atoms with Crippen molar-refractivity contribution < 1.29 is 14.6 Å². The summed E-state index contributed by atoms with van der Waals surface area (Å²) in [4.78, 5) is 0. The fraction of sp³-hybridized carbons (Fsp3) is 1.00. The Bertz CT molecular complexity index is 268. The number of fused-ring (bicyclic) bond motifs is 2. The van der Waals surface area contributed by atoms with Gasteiger partial charge in [0.25, 0.3) is 0 Å². The van der Waals surface area contributed by atoms with Gasteiger partial charge in [0.2, 0.25) is 0 Å². The summed E-state index contributed by atoms with van der Waals surface area (Å²) in [5.74, 6) is 2.75. The molecule has 17 heavy (non-hydrogen) atoms. The van der Waals surface area contributed by atoms with Gasteiger partial charge in [0, 0.05) is 13.0 Å². The summed E-state index contributed by atoms with van der Waals surface area (Å²) >= 11 is 0. The Morgan fingerprint density at radius 2 is 2.00 bits per heavy atom. The summed E-state index contributed by atoms with van der Waals surface area (Å²) in [6.07, 6.45) is 6.45. The van der Waals surface area contributed by atoms with Crippen molar-refractivity contribution in [3.63, 3.8) is 0 Å². The Balaban J connectivity index is 1.80. The Kier molecular flexibility index (Phi) is 3.42. The Morgan fingerprint density at radius 1 is 1.18 bits per heavy atom. The van der Waals surface area contributed by atoms with Gasteiger partial charge in [-0.3, -0.25) is 0 Å². The molecule has 0 aromatic carbocycles. The summed E-state index contributed by atoms with van der Waals surface area (Å²) in [5.41, 5.74) is 0. The Hall–Kier alpha value is -0.120. The van der Waals surface area contributed by atoms with Crippen LogP contribution in [0.15, 0.2) is 0 Å². The molecule has 0 N–H and O–H groups in total. The first-order valence-electron chi connectivity index (χ1n) is 7.07. The maximum Gasteiger partial charge on any atom is 0.160 e. The summed E-state index contributed by atoms with van der Waals surface area (Å²) < 4.78 is 11.2. The van der Waals surface area contributed by atoms with E-state index in [1.54, 1.807) is 7.11 Å². The highest BCUT2D eigenvalue weighted by Crippen LogP contribution is 2.52.